The van der Waals surface area contributed by atoms with Crippen LogP contribution in [0.1, 0.15) is 90.8 Å². The molecule has 12 atom stereocenters. The van der Waals surface area contributed by atoms with Crippen molar-refractivity contribution in [3.8, 4) is 0 Å². The third kappa shape index (κ3) is 9.39. The number of aliphatic hydroxyl groups excluding tert-OH is 5. The molecule has 7 unspecified atom stereocenters. The molecule has 1 aromatic heterocycles. The maximum absolute atomic E-state index is 13.3. The van der Waals surface area contributed by atoms with Crippen LogP contribution in [0.2, 0.25) is 0 Å². The number of ketones is 2. The summed E-state index contributed by atoms with van der Waals surface area (Å²) in [4.78, 5) is 43.1. The van der Waals surface area contributed by atoms with Crippen LogP contribution < -0.4 is 0 Å². The molecule has 1 aromatic rings. The summed E-state index contributed by atoms with van der Waals surface area (Å²) in [6.45, 7) is 10.2. The summed E-state index contributed by atoms with van der Waals surface area (Å²) < 4.78 is 22.3. The van der Waals surface area contributed by atoms with Crippen LogP contribution in [-0.4, -0.2) is 114 Å². The lowest BCUT2D eigenvalue weighted by atomic mass is 9.75. The fourth-order valence-electron chi connectivity index (χ4n) is 6.61. The second-order valence-corrected chi connectivity index (χ2v) is 15.4. The van der Waals surface area contributed by atoms with E-state index in [1.165, 1.54) is 6.92 Å². The number of nitrogens with zero attached hydrogens (tertiary/aromatic N) is 1. The van der Waals surface area contributed by atoms with Crippen LogP contribution >= 0.6 is 11.3 Å². The molecule has 49 heavy (non-hydrogen) atoms. The smallest absolute Gasteiger partial charge is 0.306 e. The maximum atomic E-state index is 13.3. The summed E-state index contributed by atoms with van der Waals surface area (Å²) in [5, 5.41) is 64.9. The number of epoxide rings is 1. The summed E-state index contributed by atoms with van der Waals surface area (Å²) in [5.74, 6) is -3.26. The molecule has 0 spiro atoms. The van der Waals surface area contributed by atoms with E-state index in [2.05, 4.69) is 11.9 Å². The molecule has 0 amide bonds. The van der Waals surface area contributed by atoms with Crippen LogP contribution in [0.25, 0.3) is 6.08 Å². The minimum absolute atomic E-state index is 0.0805. The van der Waals surface area contributed by atoms with Crippen molar-refractivity contribution in [2.24, 2.45) is 17.3 Å². The number of aromatic nitrogens is 1. The number of carbonyl (C=O) groups excluding carboxylic acids is 3. The summed E-state index contributed by atoms with van der Waals surface area (Å²) in [7, 11) is 0. The van der Waals surface area contributed by atoms with Crippen LogP contribution in [0.3, 0.4) is 0 Å². The number of thiazole rings is 1. The molecule has 0 radical (unpaired) electrons. The summed E-state index contributed by atoms with van der Waals surface area (Å²) >= 11 is 1.16. The largest absolute Gasteiger partial charge is 0.455 e. The Labute approximate surface area is 290 Å². The average molecular weight is 714 g/mol. The first-order valence-corrected chi connectivity index (χ1v) is 17.7. The standard InChI is InChI=1S/C34H51NO13S/c1-16-8-7-9-21-34(44,48-21)31(43)28(46-23(37)10-11-33(5,6)30(42)18(3)12-16)17(2)13-20-15-49-22(35-20)14-45-32-27(41)25(39)26(40)29(47-32)24(38)19(4)36/h13,15-16,18-19,21,25-29,31-32,36,39-41,43-44H,7-12,14H2,1-6H3/t16?,18?,19?,21?,25-,26-,27+,28?,29+,31?,32-,34?/m0/s1. The Balaban J connectivity index is 1.48. The van der Waals surface area contributed by atoms with Crippen LogP contribution in [0.15, 0.2) is 11.0 Å². The van der Waals surface area contributed by atoms with Gasteiger partial charge in [0.05, 0.1) is 5.69 Å². The lowest BCUT2D eigenvalue weighted by Gasteiger charge is -2.39. The number of fused-ring (bicyclic) bond motifs is 1. The lowest BCUT2D eigenvalue weighted by Crippen LogP contribution is -2.61. The van der Waals surface area contributed by atoms with E-state index in [-0.39, 0.29) is 37.1 Å². The molecule has 0 aromatic carbocycles. The van der Waals surface area contributed by atoms with Gasteiger partial charge in [-0.1, -0.05) is 40.5 Å². The van der Waals surface area contributed by atoms with Crippen molar-refractivity contribution < 1.29 is 64.0 Å². The number of ether oxygens (including phenoxy) is 4. The van der Waals surface area contributed by atoms with E-state index in [4.69, 9.17) is 18.9 Å². The number of Topliss-reactive ketones (excluding diaryl/α,β-unsaturated/α-hetero) is 2. The third-order valence-corrected chi connectivity index (χ3v) is 10.6. The van der Waals surface area contributed by atoms with Crippen molar-refractivity contribution in [1.29, 1.82) is 0 Å². The monoisotopic (exact) mass is 713 g/mol. The number of carbonyl (C=O) groups is 3. The molecule has 6 N–H and O–H groups in total. The molecule has 4 rings (SSSR count). The average Bonchev–Trinajstić information content (AvgIpc) is 3.49. The minimum atomic E-state index is -1.91. The predicted molar refractivity (Wildman–Crippen MR) is 174 cm³/mol. The second kappa shape index (κ2) is 16.0. The van der Waals surface area contributed by atoms with Gasteiger partial charge in [0, 0.05) is 23.1 Å². The summed E-state index contributed by atoms with van der Waals surface area (Å²) in [5.41, 5.74) is -0.00248. The van der Waals surface area contributed by atoms with Crippen LogP contribution in [0.5, 0.6) is 0 Å². The molecule has 0 bridgehead atoms. The van der Waals surface area contributed by atoms with Gasteiger partial charge in [-0.25, -0.2) is 4.98 Å². The molecule has 14 nitrogen and oxygen atoms in total. The number of hydrogen-bond acceptors (Lipinski definition) is 15. The van der Waals surface area contributed by atoms with Gasteiger partial charge in [0.1, 0.15) is 47.9 Å². The number of aliphatic hydroxyl groups is 6. The number of cyclic esters (lactones) is 1. The van der Waals surface area contributed by atoms with E-state index in [1.54, 1.807) is 18.4 Å². The highest BCUT2D eigenvalue weighted by molar-refractivity contribution is 7.09. The van der Waals surface area contributed by atoms with Gasteiger partial charge in [0.25, 0.3) is 0 Å². The second-order valence-electron chi connectivity index (χ2n) is 14.5. The Morgan fingerprint density at radius 3 is 2.49 bits per heavy atom. The molecule has 3 saturated heterocycles. The van der Waals surface area contributed by atoms with Gasteiger partial charge in [-0.15, -0.1) is 11.3 Å². The van der Waals surface area contributed by atoms with Crippen LogP contribution in [0, 0.1) is 17.3 Å². The van der Waals surface area contributed by atoms with Crippen molar-refractivity contribution in [1.82, 2.24) is 4.98 Å². The van der Waals surface area contributed by atoms with E-state index >= 15 is 0 Å². The molecule has 3 aliphatic heterocycles. The van der Waals surface area contributed by atoms with Gasteiger partial charge in [0.15, 0.2) is 30.4 Å². The van der Waals surface area contributed by atoms with Gasteiger partial charge in [-0.3, -0.25) is 14.4 Å². The van der Waals surface area contributed by atoms with Gasteiger partial charge in [-0.05, 0) is 50.7 Å². The minimum Gasteiger partial charge on any atom is -0.455 e. The zero-order valence-corrected chi connectivity index (χ0v) is 29.7. The Kier molecular flexibility index (Phi) is 12.9. The first kappa shape index (κ1) is 39.6. The van der Waals surface area contributed by atoms with E-state index < -0.39 is 78.1 Å². The van der Waals surface area contributed by atoms with Gasteiger partial charge in [0.2, 0.25) is 5.79 Å². The third-order valence-electron chi connectivity index (χ3n) is 9.72. The van der Waals surface area contributed by atoms with E-state index in [9.17, 15) is 45.0 Å². The van der Waals surface area contributed by atoms with E-state index in [0.29, 0.717) is 29.1 Å². The number of hydrogen-bond donors (Lipinski definition) is 6. The van der Waals surface area contributed by atoms with Crippen molar-refractivity contribution in [3.63, 3.8) is 0 Å². The quantitative estimate of drug-likeness (QED) is 0.174. The van der Waals surface area contributed by atoms with Crippen molar-refractivity contribution in [2.75, 3.05) is 0 Å². The van der Waals surface area contributed by atoms with E-state index in [0.717, 1.165) is 24.2 Å². The molecular weight excluding hydrogens is 662 g/mol. The summed E-state index contributed by atoms with van der Waals surface area (Å²) in [6, 6.07) is 0. The molecular formula is C34H51NO13S. The highest BCUT2D eigenvalue weighted by Crippen LogP contribution is 2.44. The van der Waals surface area contributed by atoms with Crippen LogP contribution in [-0.2, 0) is 39.9 Å². The fourth-order valence-corrected chi connectivity index (χ4v) is 7.29. The first-order valence-electron chi connectivity index (χ1n) is 16.8. The zero-order chi connectivity index (χ0) is 36.4. The Hall–Kier alpha value is -2.18. The maximum Gasteiger partial charge on any atom is 0.306 e. The summed E-state index contributed by atoms with van der Waals surface area (Å²) in [6.07, 6.45) is -8.91. The Bertz CT molecular complexity index is 1360. The number of esters is 1. The molecule has 4 heterocycles. The van der Waals surface area contributed by atoms with Crippen molar-refractivity contribution in [2.45, 2.75) is 148 Å². The molecule has 276 valence electrons. The van der Waals surface area contributed by atoms with Gasteiger partial charge in [-0.2, -0.15) is 0 Å². The van der Waals surface area contributed by atoms with Gasteiger partial charge >= 0.3 is 5.97 Å². The van der Waals surface area contributed by atoms with Crippen LogP contribution in [0.4, 0.5) is 0 Å². The molecule has 3 fully saturated rings. The lowest BCUT2D eigenvalue weighted by molar-refractivity contribution is -0.294. The Morgan fingerprint density at radius 1 is 1.12 bits per heavy atom. The highest BCUT2D eigenvalue weighted by Gasteiger charge is 2.63. The van der Waals surface area contributed by atoms with E-state index in [1.807, 2.05) is 20.8 Å². The topological polar surface area (TPSA) is 226 Å². The fraction of sp³-hybridized carbons (Fsp3) is 0.765. The molecule has 0 aliphatic carbocycles. The number of rotatable bonds is 7. The molecule has 0 saturated carbocycles. The Morgan fingerprint density at radius 2 is 1.82 bits per heavy atom. The molecule has 3 aliphatic rings. The SMILES string of the molecule is CC(=Cc1csc(CO[C@H]2O[C@H](C(=O)C(C)O)[C@@H](O)[C@H](O)[C@H]2O)n1)C1OC(=O)CCC(C)(C)C(=O)C(C)CC(C)CCCC2OC2(O)C1O. The highest BCUT2D eigenvalue weighted by atomic mass is 32.1. The van der Waals surface area contributed by atoms with Crippen molar-refractivity contribution in [3.05, 3.63) is 21.7 Å². The zero-order valence-electron chi connectivity index (χ0n) is 28.9. The van der Waals surface area contributed by atoms with Gasteiger partial charge < -0.3 is 49.6 Å². The normalized spacial score (nSPS) is 38.7. The first-order chi connectivity index (χ1) is 22.8. The predicted octanol–water partition coefficient (Wildman–Crippen LogP) is 1.40. The molecule has 15 heteroatoms. The van der Waals surface area contributed by atoms with Crippen molar-refractivity contribution >= 4 is 34.9 Å².